The van der Waals surface area contributed by atoms with Crippen molar-refractivity contribution in [2.75, 3.05) is 0 Å². The van der Waals surface area contributed by atoms with Gasteiger partial charge in [0.15, 0.2) is 0 Å². The molecule has 0 fully saturated rings. The van der Waals surface area contributed by atoms with Crippen LogP contribution < -0.4 is 29.6 Å². The fourth-order valence-corrected chi connectivity index (χ4v) is 1.18. The second kappa shape index (κ2) is 5.52. The Balaban J connectivity index is 0.00000169. The zero-order valence-electron chi connectivity index (χ0n) is 7.10. The Morgan fingerprint density at radius 2 is 2.00 bits per heavy atom. The molecule has 0 radical (unpaired) electrons. The van der Waals surface area contributed by atoms with Gasteiger partial charge in [-0.15, -0.1) is 0 Å². The molecule has 0 aromatic heterocycles. The number of nitrogens with zero attached hydrogens (tertiary/aromatic N) is 1. The van der Waals surface area contributed by atoms with Crippen molar-refractivity contribution in [2.24, 2.45) is 0 Å². The molecule has 1 aromatic rings. The Labute approximate surface area is 103 Å². The Bertz CT molecular complexity index is 386. The van der Waals surface area contributed by atoms with Crippen molar-refractivity contribution in [3.05, 3.63) is 34.1 Å². The maximum absolute atomic E-state index is 12.7. The van der Waals surface area contributed by atoms with Gasteiger partial charge in [0.25, 0.3) is 5.69 Å². The molecule has 0 bridgehead atoms. The van der Waals surface area contributed by atoms with Crippen LogP contribution in [0, 0.1) is 15.9 Å². The van der Waals surface area contributed by atoms with Gasteiger partial charge < -0.3 is 4.55 Å². The summed E-state index contributed by atoms with van der Waals surface area (Å²) in [7, 11) is 0. The molecule has 14 heavy (non-hydrogen) atoms. The van der Waals surface area contributed by atoms with Crippen molar-refractivity contribution in [3.63, 3.8) is 0 Å². The summed E-state index contributed by atoms with van der Waals surface area (Å²) >= 11 is -2.80. The van der Waals surface area contributed by atoms with Crippen molar-refractivity contribution in [2.45, 2.75) is 4.90 Å². The van der Waals surface area contributed by atoms with E-state index in [4.69, 9.17) is 0 Å². The van der Waals surface area contributed by atoms with Crippen molar-refractivity contribution in [1.29, 1.82) is 0 Å². The Kier molecular flexibility index (Phi) is 5.38. The topological polar surface area (TPSA) is 83.3 Å². The second-order valence-electron chi connectivity index (χ2n) is 2.11. The Morgan fingerprint density at radius 3 is 2.43 bits per heavy atom. The van der Waals surface area contributed by atoms with Crippen LogP contribution in [0.4, 0.5) is 10.1 Å². The molecule has 0 N–H and O–H groups in total. The molecular weight excluding hydrogens is 224 g/mol. The van der Waals surface area contributed by atoms with Gasteiger partial charge in [0.2, 0.25) is 0 Å². The van der Waals surface area contributed by atoms with Gasteiger partial charge in [-0.05, 0) is 17.1 Å². The van der Waals surface area contributed by atoms with Crippen LogP contribution in [0.3, 0.4) is 0 Å². The fourth-order valence-electron chi connectivity index (χ4n) is 0.733. The molecule has 0 aliphatic heterocycles. The minimum Gasteiger partial charge on any atom is -0.768 e. The third-order valence-corrected chi connectivity index (χ3v) is 1.98. The van der Waals surface area contributed by atoms with Gasteiger partial charge in [-0.1, -0.05) is 0 Å². The van der Waals surface area contributed by atoms with Crippen LogP contribution in [0.2, 0.25) is 0 Å². The van der Waals surface area contributed by atoms with E-state index in [-0.39, 0.29) is 29.6 Å². The molecule has 0 heterocycles. The van der Waals surface area contributed by atoms with E-state index in [0.29, 0.717) is 6.07 Å². The standard InChI is InChI=1S/C6H4FNO4S.Na/c7-5-2-1-4(8(9)10)3-6(5)13(11)12;/h1-3H,(H,11,12);/q;+1/p-1. The van der Waals surface area contributed by atoms with Crippen LogP contribution >= 0.6 is 0 Å². The quantitative estimate of drug-likeness (QED) is 0.252. The van der Waals surface area contributed by atoms with E-state index < -0.39 is 32.4 Å². The van der Waals surface area contributed by atoms with Crippen LogP contribution in [0.5, 0.6) is 0 Å². The molecule has 8 heteroatoms. The molecule has 1 unspecified atom stereocenters. The normalized spacial score (nSPS) is 11.6. The first-order valence-electron chi connectivity index (χ1n) is 3.05. The van der Waals surface area contributed by atoms with Gasteiger partial charge >= 0.3 is 29.6 Å². The summed E-state index contributed by atoms with van der Waals surface area (Å²) in [5.41, 5.74) is -0.458. The number of hydrogen-bond acceptors (Lipinski definition) is 4. The maximum atomic E-state index is 12.7. The summed E-state index contributed by atoms with van der Waals surface area (Å²) in [6.07, 6.45) is 0. The molecule has 0 saturated carbocycles. The van der Waals surface area contributed by atoms with E-state index in [1.54, 1.807) is 0 Å². The Hall–Kier alpha value is -0.340. The van der Waals surface area contributed by atoms with Gasteiger partial charge in [0.05, 0.1) is 9.82 Å². The smallest absolute Gasteiger partial charge is 0.768 e. The summed E-state index contributed by atoms with van der Waals surface area (Å²) in [5.74, 6) is -1.00. The summed E-state index contributed by atoms with van der Waals surface area (Å²) in [6, 6.07) is 2.30. The van der Waals surface area contributed by atoms with Crippen LogP contribution in [0.1, 0.15) is 0 Å². The zero-order valence-corrected chi connectivity index (χ0v) is 9.91. The predicted molar refractivity (Wildman–Crippen MR) is 40.2 cm³/mol. The van der Waals surface area contributed by atoms with Gasteiger partial charge in [0, 0.05) is 12.1 Å². The number of nitro benzene ring substituents is 1. The average Bonchev–Trinajstić information content (AvgIpc) is 2.04. The number of rotatable bonds is 2. The SMILES string of the molecule is O=[N+]([O-])c1ccc(F)c(S(=O)[O-])c1.[Na+]. The summed E-state index contributed by atoms with van der Waals surface area (Å²) in [6.45, 7) is 0. The van der Waals surface area contributed by atoms with E-state index in [9.17, 15) is 23.3 Å². The number of benzene rings is 1. The Morgan fingerprint density at radius 1 is 1.43 bits per heavy atom. The molecule has 0 aliphatic carbocycles. The van der Waals surface area contributed by atoms with Gasteiger partial charge in [-0.2, -0.15) is 0 Å². The van der Waals surface area contributed by atoms with Crippen molar-refractivity contribution < 1.29 is 47.6 Å². The first-order valence-corrected chi connectivity index (χ1v) is 4.13. The van der Waals surface area contributed by atoms with Gasteiger partial charge in [-0.25, -0.2) is 4.39 Å². The largest absolute Gasteiger partial charge is 1.00 e. The van der Waals surface area contributed by atoms with Crippen molar-refractivity contribution in [3.8, 4) is 0 Å². The second-order valence-corrected chi connectivity index (χ2v) is 3.02. The van der Waals surface area contributed by atoms with Crippen LogP contribution in [0.15, 0.2) is 23.1 Å². The average molecular weight is 227 g/mol. The van der Waals surface area contributed by atoms with E-state index in [0.717, 1.165) is 12.1 Å². The van der Waals surface area contributed by atoms with E-state index in [1.807, 2.05) is 0 Å². The number of hydrogen-bond donors (Lipinski definition) is 0. The summed E-state index contributed by atoms with van der Waals surface area (Å²) in [5, 5.41) is 10.2. The molecule has 1 rings (SSSR count). The van der Waals surface area contributed by atoms with Crippen LogP contribution in [-0.2, 0) is 11.1 Å². The number of nitro groups is 1. The maximum Gasteiger partial charge on any atom is 1.00 e. The molecule has 5 nitrogen and oxygen atoms in total. The fraction of sp³-hybridized carbons (Fsp3) is 0. The molecule has 70 valence electrons. The minimum atomic E-state index is -2.80. The molecular formula is C6H3FNNaO4S. The van der Waals surface area contributed by atoms with E-state index >= 15 is 0 Å². The predicted octanol–water partition coefficient (Wildman–Crippen LogP) is -2.02. The first kappa shape index (κ1) is 13.7. The number of halogens is 1. The molecule has 0 spiro atoms. The van der Waals surface area contributed by atoms with Gasteiger partial charge in [0.1, 0.15) is 5.82 Å². The van der Waals surface area contributed by atoms with Crippen molar-refractivity contribution in [1.82, 2.24) is 0 Å². The first-order chi connectivity index (χ1) is 6.02. The third-order valence-electron chi connectivity index (χ3n) is 1.31. The third kappa shape index (κ3) is 3.10. The zero-order chi connectivity index (χ0) is 10.0. The molecule has 1 atom stereocenters. The summed E-state index contributed by atoms with van der Waals surface area (Å²) < 4.78 is 33.3. The molecule has 0 amide bonds. The summed E-state index contributed by atoms with van der Waals surface area (Å²) in [4.78, 5) is 8.67. The van der Waals surface area contributed by atoms with E-state index in [2.05, 4.69) is 0 Å². The molecule has 1 aromatic carbocycles. The molecule has 0 aliphatic rings. The van der Waals surface area contributed by atoms with Crippen LogP contribution in [0.25, 0.3) is 0 Å². The van der Waals surface area contributed by atoms with Gasteiger partial charge in [-0.3, -0.25) is 14.3 Å². The minimum absolute atomic E-state index is 0. The number of non-ortho nitro benzene ring substituents is 1. The van der Waals surface area contributed by atoms with E-state index in [1.165, 1.54) is 0 Å². The monoisotopic (exact) mass is 227 g/mol. The van der Waals surface area contributed by atoms with Crippen molar-refractivity contribution >= 4 is 16.8 Å². The van der Waals surface area contributed by atoms with Crippen LogP contribution in [-0.4, -0.2) is 13.7 Å². The molecule has 0 saturated heterocycles.